The largest absolute Gasteiger partial charge is 0.497 e. The molecule has 0 radical (unpaired) electrons. The number of imidazole rings is 1. The number of nitrogens with zero attached hydrogens (tertiary/aromatic N) is 3. The fourth-order valence-electron chi connectivity index (χ4n) is 4.14. The van der Waals surface area contributed by atoms with Crippen LogP contribution in [0.2, 0.25) is 0 Å². The van der Waals surface area contributed by atoms with Crippen molar-refractivity contribution in [2.24, 2.45) is 7.05 Å². The molecule has 2 heterocycles. The van der Waals surface area contributed by atoms with E-state index in [1.165, 1.54) is 0 Å². The molecule has 0 aliphatic rings. The van der Waals surface area contributed by atoms with E-state index in [1.54, 1.807) is 7.11 Å². The Morgan fingerprint density at radius 3 is 2.62 bits per heavy atom. The molecule has 8 heteroatoms. The van der Waals surface area contributed by atoms with Gasteiger partial charge in [0.15, 0.2) is 0 Å². The van der Waals surface area contributed by atoms with Crippen molar-refractivity contribution in [3.05, 3.63) is 89.9 Å². The third kappa shape index (κ3) is 4.43. The van der Waals surface area contributed by atoms with E-state index >= 15 is 0 Å². The molecule has 5 aromatic rings. The molecule has 2 amide bonds. The number of aromatic amines is 1. The van der Waals surface area contributed by atoms with Gasteiger partial charge in [0.25, 0.3) is 0 Å². The molecule has 0 aliphatic heterocycles. The summed E-state index contributed by atoms with van der Waals surface area (Å²) in [4.78, 5) is 21.0. The highest BCUT2D eigenvalue weighted by Crippen LogP contribution is 2.22. The number of para-hydroxylation sites is 3. The lowest BCUT2D eigenvalue weighted by molar-refractivity contribution is 0.236. The zero-order chi connectivity index (χ0) is 23.5. The number of amides is 2. The van der Waals surface area contributed by atoms with Gasteiger partial charge in [-0.1, -0.05) is 42.5 Å². The Labute approximate surface area is 197 Å². The summed E-state index contributed by atoms with van der Waals surface area (Å²) in [7, 11) is 3.54. The number of methoxy groups -OCH3 is 1. The van der Waals surface area contributed by atoms with Crippen molar-refractivity contribution >= 4 is 28.0 Å². The lowest BCUT2D eigenvalue weighted by Gasteiger charge is -2.17. The fourth-order valence-corrected chi connectivity index (χ4v) is 4.14. The third-order valence-electron chi connectivity index (χ3n) is 5.89. The van der Waals surface area contributed by atoms with Gasteiger partial charge in [-0.2, -0.15) is 5.10 Å². The number of H-pyrrole nitrogens is 1. The van der Waals surface area contributed by atoms with E-state index in [0.717, 1.165) is 38.9 Å². The predicted molar refractivity (Wildman–Crippen MR) is 132 cm³/mol. The van der Waals surface area contributed by atoms with Crippen LogP contribution in [0, 0.1) is 0 Å². The lowest BCUT2D eigenvalue weighted by atomic mass is 10.1. The Morgan fingerprint density at radius 1 is 1.06 bits per heavy atom. The summed E-state index contributed by atoms with van der Waals surface area (Å²) in [5, 5.41) is 11.6. The monoisotopic (exact) mass is 454 g/mol. The summed E-state index contributed by atoms with van der Waals surface area (Å²) in [6, 6.07) is 23.0. The topological polar surface area (TPSA) is 96.9 Å². The summed E-state index contributed by atoms with van der Waals surface area (Å²) in [5.41, 5.74) is 4.70. The van der Waals surface area contributed by atoms with Gasteiger partial charge in [0.05, 0.1) is 41.9 Å². The first-order chi connectivity index (χ1) is 16.6. The number of fused-ring (bicyclic) bond motifs is 2. The van der Waals surface area contributed by atoms with Crippen LogP contribution in [0.1, 0.15) is 23.1 Å². The second kappa shape index (κ2) is 9.27. The molecule has 2 aromatic heterocycles. The van der Waals surface area contributed by atoms with Crippen LogP contribution in [-0.2, 0) is 20.0 Å². The molecular formula is C26H26N6O2. The smallest absolute Gasteiger partial charge is 0.315 e. The zero-order valence-electron chi connectivity index (χ0n) is 19.1. The number of carbonyl (C=O) groups excluding carboxylic acids is 1. The van der Waals surface area contributed by atoms with Crippen LogP contribution in [0.25, 0.3) is 21.9 Å². The highest BCUT2D eigenvalue weighted by molar-refractivity contribution is 5.82. The van der Waals surface area contributed by atoms with Crippen LogP contribution in [0.5, 0.6) is 5.75 Å². The summed E-state index contributed by atoms with van der Waals surface area (Å²) in [6.07, 6.45) is 0.573. The average molecular weight is 455 g/mol. The van der Waals surface area contributed by atoms with Crippen molar-refractivity contribution in [2.75, 3.05) is 7.11 Å². The number of nitrogens with one attached hydrogen (secondary N) is 3. The standard InChI is InChI=1S/C26H26N6O2/c1-32-24-10-6-3-7-19(24)23(31-32)16-27-26(33)30-22(15-17-11-13-18(34-2)14-12-17)25-28-20-8-4-5-9-21(20)29-25/h3-14,22H,15-16H2,1-2H3,(H,28,29)(H2,27,30,33). The van der Waals surface area contributed by atoms with Gasteiger partial charge >= 0.3 is 6.03 Å². The Balaban J connectivity index is 1.35. The molecule has 0 saturated heterocycles. The number of carbonyl (C=O) groups is 1. The predicted octanol–water partition coefficient (Wildman–Crippen LogP) is 4.24. The van der Waals surface area contributed by atoms with E-state index < -0.39 is 0 Å². The number of hydrogen-bond acceptors (Lipinski definition) is 4. The molecule has 0 spiro atoms. The van der Waals surface area contributed by atoms with Crippen molar-refractivity contribution in [2.45, 2.75) is 19.0 Å². The molecule has 1 atom stereocenters. The lowest BCUT2D eigenvalue weighted by Crippen LogP contribution is -2.39. The first-order valence-corrected chi connectivity index (χ1v) is 11.1. The van der Waals surface area contributed by atoms with Crippen molar-refractivity contribution in [1.82, 2.24) is 30.4 Å². The Hall–Kier alpha value is -4.33. The molecule has 172 valence electrons. The summed E-state index contributed by atoms with van der Waals surface area (Å²) in [6.45, 7) is 0.322. The van der Waals surface area contributed by atoms with Gasteiger partial charge in [-0.05, 0) is 42.3 Å². The quantitative estimate of drug-likeness (QED) is 0.343. The fraction of sp³-hybridized carbons (Fsp3) is 0.192. The Bertz CT molecular complexity index is 1400. The van der Waals surface area contributed by atoms with Crippen molar-refractivity contribution in [3.8, 4) is 5.75 Å². The van der Waals surface area contributed by atoms with Crippen LogP contribution in [0.3, 0.4) is 0 Å². The first kappa shape index (κ1) is 21.5. The Kier molecular flexibility index (Phi) is 5.86. The second-order valence-corrected chi connectivity index (χ2v) is 8.16. The van der Waals surface area contributed by atoms with Crippen LogP contribution in [0.4, 0.5) is 4.79 Å². The minimum absolute atomic E-state index is 0.284. The van der Waals surface area contributed by atoms with Gasteiger partial charge in [-0.3, -0.25) is 4.68 Å². The molecule has 0 bridgehead atoms. The molecule has 3 N–H and O–H groups in total. The maximum atomic E-state index is 12.9. The first-order valence-electron chi connectivity index (χ1n) is 11.1. The molecule has 0 saturated carbocycles. The number of ether oxygens (including phenoxy) is 1. The molecule has 8 nitrogen and oxygen atoms in total. The van der Waals surface area contributed by atoms with Crippen LogP contribution in [-0.4, -0.2) is 32.9 Å². The number of aromatic nitrogens is 4. The van der Waals surface area contributed by atoms with Crippen LogP contribution >= 0.6 is 0 Å². The van der Waals surface area contributed by atoms with Gasteiger partial charge in [0.1, 0.15) is 11.6 Å². The normalized spacial score (nSPS) is 12.1. The summed E-state index contributed by atoms with van der Waals surface area (Å²) < 4.78 is 7.09. The van der Waals surface area contributed by atoms with E-state index in [2.05, 4.69) is 20.7 Å². The molecule has 1 unspecified atom stereocenters. The molecular weight excluding hydrogens is 428 g/mol. The van der Waals surface area contributed by atoms with E-state index in [4.69, 9.17) is 9.72 Å². The van der Waals surface area contributed by atoms with Crippen LogP contribution < -0.4 is 15.4 Å². The van der Waals surface area contributed by atoms with Crippen molar-refractivity contribution < 1.29 is 9.53 Å². The van der Waals surface area contributed by atoms with E-state index in [-0.39, 0.29) is 12.1 Å². The summed E-state index contributed by atoms with van der Waals surface area (Å²) >= 11 is 0. The maximum Gasteiger partial charge on any atom is 0.315 e. The molecule has 0 aliphatic carbocycles. The number of benzene rings is 3. The minimum atomic E-state index is -0.346. The van der Waals surface area contributed by atoms with E-state index in [0.29, 0.717) is 18.8 Å². The third-order valence-corrected chi connectivity index (χ3v) is 5.89. The number of urea groups is 1. The number of hydrogen-bond donors (Lipinski definition) is 3. The van der Waals surface area contributed by atoms with E-state index in [9.17, 15) is 4.79 Å². The molecule has 5 rings (SSSR count). The number of rotatable bonds is 7. The summed E-state index contributed by atoms with van der Waals surface area (Å²) in [5.74, 6) is 1.49. The minimum Gasteiger partial charge on any atom is -0.497 e. The van der Waals surface area contributed by atoms with Gasteiger partial charge in [0.2, 0.25) is 0 Å². The molecule has 34 heavy (non-hydrogen) atoms. The van der Waals surface area contributed by atoms with Crippen molar-refractivity contribution in [3.63, 3.8) is 0 Å². The highest BCUT2D eigenvalue weighted by Gasteiger charge is 2.20. The molecule has 3 aromatic carbocycles. The Morgan fingerprint density at radius 2 is 1.82 bits per heavy atom. The van der Waals surface area contributed by atoms with Gasteiger partial charge in [-0.25, -0.2) is 9.78 Å². The molecule has 0 fully saturated rings. The maximum absolute atomic E-state index is 12.9. The SMILES string of the molecule is COc1ccc(CC(NC(=O)NCc2nn(C)c3ccccc23)c2nc3ccccc3[nH]2)cc1. The van der Waals surface area contributed by atoms with E-state index in [1.807, 2.05) is 84.5 Å². The van der Waals surface area contributed by atoms with Gasteiger partial charge in [0, 0.05) is 12.4 Å². The average Bonchev–Trinajstić information content (AvgIpc) is 3.44. The van der Waals surface area contributed by atoms with Crippen molar-refractivity contribution in [1.29, 1.82) is 0 Å². The van der Waals surface area contributed by atoms with Gasteiger partial charge < -0.3 is 20.4 Å². The number of aryl methyl sites for hydroxylation is 1. The second-order valence-electron chi connectivity index (χ2n) is 8.16. The van der Waals surface area contributed by atoms with Gasteiger partial charge in [-0.15, -0.1) is 0 Å². The van der Waals surface area contributed by atoms with Crippen LogP contribution in [0.15, 0.2) is 72.8 Å². The zero-order valence-corrected chi connectivity index (χ0v) is 19.1. The highest BCUT2D eigenvalue weighted by atomic mass is 16.5.